The van der Waals surface area contributed by atoms with Crippen LogP contribution in [0.1, 0.15) is 35.6 Å². The van der Waals surface area contributed by atoms with Crippen molar-refractivity contribution in [3.63, 3.8) is 0 Å². The normalized spacial score (nSPS) is 10.9. The summed E-state index contributed by atoms with van der Waals surface area (Å²) in [6.45, 7) is 4.68. The molecule has 0 unspecified atom stereocenters. The van der Waals surface area contributed by atoms with Crippen LogP contribution in [0.15, 0.2) is 27.1 Å². The monoisotopic (exact) mass is 416 g/mol. The zero-order valence-electron chi connectivity index (χ0n) is 11.8. The van der Waals surface area contributed by atoms with Gasteiger partial charge in [-0.3, -0.25) is 9.48 Å². The third kappa shape index (κ3) is 3.43. The molecule has 21 heavy (non-hydrogen) atoms. The van der Waals surface area contributed by atoms with Crippen LogP contribution < -0.4 is 0 Å². The highest BCUT2D eigenvalue weighted by atomic mass is 79.9. The van der Waals surface area contributed by atoms with E-state index < -0.39 is 5.82 Å². The van der Waals surface area contributed by atoms with Crippen LogP contribution in [-0.2, 0) is 19.4 Å². The molecule has 0 aliphatic heterocycles. The van der Waals surface area contributed by atoms with Crippen LogP contribution in [0, 0.1) is 5.82 Å². The number of hydrogen-bond acceptors (Lipinski definition) is 2. The van der Waals surface area contributed by atoms with Gasteiger partial charge in [-0.05, 0) is 47.5 Å². The van der Waals surface area contributed by atoms with E-state index in [1.165, 1.54) is 12.1 Å². The van der Waals surface area contributed by atoms with Gasteiger partial charge in [0.25, 0.3) is 0 Å². The Balaban J connectivity index is 2.35. The van der Waals surface area contributed by atoms with Crippen molar-refractivity contribution in [1.82, 2.24) is 9.78 Å². The smallest absolute Gasteiger partial charge is 0.170 e. The third-order valence-electron chi connectivity index (χ3n) is 3.25. The summed E-state index contributed by atoms with van der Waals surface area (Å²) in [4.78, 5) is 12.4. The molecule has 0 N–H and O–H groups in total. The summed E-state index contributed by atoms with van der Waals surface area (Å²) in [7, 11) is 0. The van der Waals surface area contributed by atoms with Crippen molar-refractivity contribution in [2.75, 3.05) is 0 Å². The second kappa shape index (κ2) is 6.83. The molecule has 0 aliphatic carbocycles. The van der Waals surface area contributed by atoms with Crippen molar-refractivity contribution in [2.24, 2.45) is 0 Å². The van der Waals surface area contributed by atoms with Crippen LogP contribution in [-0.4, -0.2) is 15.6 Å². The third-order valence-corrected chi connectivity index (χ3v) is 4.86. The van der Waals surface area contributed by atoms with Crippen LogP contribution in [0.3, 0.4) is 0 Å². The summed E-state index contributed by atoms with van der Waals surface area (Å²) < 4.78 is 16.6. The van der Waals surface area contributed by atoms with Crippen molar-refractivity contribution in [3.05, 3.63) is 49.9 Å². The lowest BCUT2D eigenvalue weighted by Crippen LogP contribution is -2.11. The molecule has 2 rings (SSSR count). The van der Waals surface area contributed by atoms with Gasteiger partial charge in [-0.15, -0.1) is 0 Å². The van der Waals surface area contributed by atoms with Crippen molar-refractivity contribution in [3.8, 4) is 0 Å². The number of rotatable bonds is 5. The summed E-state index contributed by atoms with van der Waals surface area (Å²) in [5, 5.41) is 4.47. The van der Waals surface area contributed by atoms with Gasteiger partial charge in [-0.2, -0.15) is 5.10 Å². The maximum absolute atomic E-state index is 13.3. The maximum Gasteiger partial charge on any atom is 0.170 e. The average molecular weight is 418 g/mol. The Morgan fingerprint density at radius 2 is 2.05 bits per heavy atom. The number of carbonyl (C=O) groups excluding carboxylic acids is 1. The number of carbonyl (C=O) groups is 1. The number of aromatic nitrogens is 2. The molecular formula is C15H15Br2FN2O. The highest BCUT2D eigenvalue weighted by Crippen LogP contribution is 2.25. The molecule has 0 aliphatic rings. The maximum atomic E-state index is 13.3. The number of ketones is 1. The van der Waals surface area contributed by atoms with E-state index in [-0.39, 0.29) is 12.2 Å². The second-order valence-electron chi connectivity index (χ2n) is 4.60. The van der Waals surface area contributed by atoms with E-state index in [0.717, 1.165) is 22.3 Å². The predicted molar refractivity (Wildman–Crippen MR) is 87.1 cm³/mol. The molecule has 112 valence electrons. The molecule has 1 heterocycles. The molecule has 0 saturated carbocycles. The van der Waals surface area contributed by atoms with Crippen molar-refractivity contribution < 1.29 is 9.18 Å². The number of halogens is 3. The van der Waals surface area contributed by atoms with E-state index in [9.17, 15) is 9.18 Å². The quantitative estimate of drug-likeness (QED) is 0.668. The number of hydrogen-bond donors (Lipinski definition) is 0. The van der Waals surface area contributed by atoms with E-state index in [2.05, 4.69) is 37.0 Å². The lowest BCUT2D eigenvalue weighted by Gasteiger charge is -2.07. The Bertz CT molecular complexity index is 683. The molecule has 1 aromatic carbocycles. The van der Waals surface area contributed by atoms with Gasteiger partial charge in [0.05, 0.1) is 22.3 Å². The topological polar surface area (TPSA) is 34.9 Å². The van der Waals surface area contributed by atoms with E-state index in [4.69, 9.17) is 0 Å². The first kappa shape index (κ1) is 16.4. The largest absolute Gasteiger partial charge is 0.294 e. The van der Waals surface area contributed by atoms with Crippen LogP contribution in [0.2, 0.25) is 0 Å². The first-order chi connectivity index (χ1) is 9.97. The molecule has 0 radical (unpaired) electrons. The zero-order chi connectivity index (χ0) is 15.6. The Kier molecular flexibility index (Phi) is 5.32. The Hall–Kier alpha value is -1.01. The van der Waals surface area contributed by atoms with Gasteiger partial charge in [0, 0.05) is 16.6 Å². The summed E-state index contributed by atoms with van der Waals surface area (Å²) in [5.74, 6) is -0.557. The molecule has 0 atom stereocenters. The molecule has 0 saturated heterocycles. The fourth-order valence-electron chi connectivity index (χ4n) is 2.14. The first-order valence-electron chi connectivity index (χ1n) is 6.70. The molecular weight excluding hydrogens is 403 g/mol. The first-order valence-corrected chi connectivity index (χ1v) is 8.28. The Morgan fingerprint density at radius 3 is 2.67 bits per heavy atom. The van der Waals surface area contributed by atoms with Crippen molar-refractivity contribution >= 4 is 37.6 Å². The van der Waals surface area contributed by atoms with Crippen LogP contribution in [0.5, 0.6) is 0 Å². The fourth-order valence-corrected chi connectivity index (χ4v) is 3.32. The molecule has 1 aromatic heterocycles. The summed E-state index contributed by atoms with van der Waals surface area (Å²) in [6, 6.07) is 4.13. The van der Waals surface area contributed by atoms with Gasteiger partial charge < -0.3 is 0 Å². The zero-order valence-corrected chi connectivity index (χ0v) is 15.0. The summed E-state index contributed by atoms with van der Waals surface area (Å²) in [5.41, 5.74) is 2.11. The number of Topliss-reactive ketones (excluding diaryl/α,β-unsaturated/α-hetero) is 1. The predicted octanol–water partition coefficient (Wildman–Crippen LogP) is 4.55. The van der Waals surface area contributed by atoms with Crippen molar-refractivity contribution in [2.45, 2.75) is 33.2 Å². The van der Waals surface area contributed by atoms with Crippen LogP contribution in [0.25, 0.3) is 0 Å². The minimum atomic E-state index is -0.418. The van der Waals surface area contributed by atoms with Gasteiger partial charge in [0.2, 0.25) is 0 Å². The Labute approximate surface area is 139 Å². The van der Waals surface area contributed by atoms with Gasteiger partial charge in [0.1, 0.15) is 5.82 Å². The van der Waals surface area contributed by atoms with E-state index in [0.29, 0.717) is 16.6 Å². The van der Waals surface area contributed by atoms with E-state index >= 15 is 0 Å². The molecule has 0 bridgehead atoms. The number of nitrogens with zero attached hydrogens (tertiary/aromatic N) is 2. The lowest BCUT2D eigenvalue weighted by atomic mass is 10.1. The fraction of sp³-hybridized carbons (Fsp3) is 0.333. The van der Waals surface area contributed by atoms with E-state index in [1.807, 2.05) is 18.5 Å². The average Bonchev–Trinajstić information content (AvgIpc) is 2.77. The lowest BCUT2D eigenvalue weighted by molar-refractivity contribution is 0.0989. The summed E-state index contributed by atoms with van der Waals surface area (Å²) in [6.07, 6.45) is 0.974. The standard InChI is InChI=1S/C15H15Br2FN2O/c1-3-12-15(17)13(20(4-2)19-12)8-14(21)10-7-9(18)5-6-11(10)16/h5-7H,3-4,8H2,1-2H3. The van der Waals surface area contributed by atoms with Crippen molar-refractivity contribution in [1.29, 1.82) is 0 Å². The van der Waals surface area contributed by atoms with Gasteiger partial charge >= 0.3 is 0 Å². The SMILES string of the molecule is CCc1nn(CC)c(CC(=O)c2cc(F)ccc2Br)c1Br. The van der Waals surface area contributed by atoms with E-state index in [1.54, 1.807) is 6.07 Å². The molecule has 0 spiro atoms. The summed E-state index contributed by atoms with van der Waals surface area (Å²) >= 11 is 6.81. The second-order valence-corrected chi connectivity index (χ2v) is 6.25. The van der Waals surface area contributed by atoms with Gasteiger partial charge in [0.15, 0.2) is 5.78 Å². The highest BCUT2D eigenvalue weighted by molar-refractivity contribution is 9.10. The minimum absolute atomic E-state index is 0.140. The molecule has 2 aromatic rings. The molecule has 3 nitrogen and oxygen atoms in total. The number of benzene rings is 1. The van der Waals surface area contributed by atoms with Gasteiger partial charge in [-0.25, -0.2) is 4.39 Å². The van der Waals surface area contributed by atoms with Crippen LogP contribution >= 0.6 is 31.9 Å². The van der Waals surface area contributed by atoms with Gasteiger partial charge in [-0.1, -0.05) is 22.9 Å². The highest BCUT2D eigenvalue weighted by Gasteiger charge is 2.19. The Morgan fingerprint density at radius 1 is 1.33 bits per heavy atom. The number of aryl methyl sites for hydroxylation is 2. The molecule has 0 amide bonds. The molecule has 6 heteroatoms. The minimum Gasteiger partial charge on any atom is -0.294 e. The molecule has 0 fully saturated rings. The van der Waals surface area contributed by atoms with Crippen LogP contribution in [0.4, 0.5) is 4.39 Å².